The molecule has 0 unspecified atom stereocenters. The Balaban J connectivity index is 2.21. The van der Waals surface area contributed by atoms with Crippen molar-refractivity contribution in [2.24, 2.45) is 0 Å². The third-order valence-electron chi connectivity index (χ3n) is 3.22. The topological polar surface area (TPSA) is 147 Å². The second kappa shape index (κ2) is 6.98. The monoisotopic (exact) mass is 381 g/mol. The smallest absolute Gasteiger partial charge is 0.303 e. The predicted octanol–water partition coefficient (Wildman–Crippen LogP) is -1.92. The molecule has 1 aliphatic rings. The van der Waals surface area contributed by atoms with Gasteiger partial charge in [-0.1, -0.05) is 5.21 Å². The summed E-state index contributed by atoms with van der Waals surface area (Å²) in [6, 6.07) is 0. The Hall–Kier alpha value is -1.11. The molecule has 2 heterocycles. The molecule has 0 bridgehead atoms. The molecule has 0 radical (unpaired) electrons. The van der Waals surface area contributed by atoms with Crippen LogP contribution < -0.4 is 0 Å². The van der Waals surface area contributed by atoms with E-state index >= 15 is 0 Å². The van der Waals surface area contributed by atoms with E-state index in [9.17, 15) is 20.1 Å². The molecule has 1 saturated heterocycles. The SMILES string of the molecule is CC(=O)OCc1nnn([C@@H]2O[C@H](CO)[C@@H](O)[C@H](O)[C@H]2O)c1Br. The van der Waals surface area contributed by atoms with Gasteiger partial charge >= 0.3 is 5.97 Å². The Kier molecular flexibility index (Phi) is 5.47. The quantitative estimate of drug-likeness (QED) is 0.437. The summed E-state index contributed by atoms with van der Waals surface area (Å²) in [7, 11) is 0. The fourth-order valence-electron chi connectivity index (χ4n) is 2.02. The minimum Gasteiger partial charge on any atom is -0.459 e. The molecule has 1 aromatic rings. The van der Waals surface area contributed by atoms with Crippen molar-refractivity contribution in [1.82, 2.24) is 15.0 Å². The first-order chi connectivity index (χ1) is 10.4. The fourth-order valence-corrected chi connectivity index (χ4v) is 2.49. The van der Waals surface area contributed by atoms with Crippen LogP contribution in [0.15, 0.2) is 4.60 Å². The van der Waals surface area contributed by atoms with Crippen LogP contribution in [-0.2, 0) is 20.9 Å². The molecule has 5 atom stereocenters. The summed E-state index contributed by atoms with van der Waals surface area (Å²) in [4.78, 5) is 10.8. The highest BCUT2D eigenvalue weighted by atomic mass is 79.9. The zero-order valence-electron chi connectivity index (χ0n) is 11.5. The third kappa shape index (κ3) is 3.29. The minimum absolute atomic E-state index is 0.132. The Morgan fingerprint density at radius 3 is 2.64 bits per heavy atom. The maximum absolute atomic E-state index is 10.8. The van der Waals surface area contributed by atoms with Gasteiger partial charge in [0.1, 0.15) is 41.3 Å². The lowest BCUT2D eigenvalue weighted by Crippen LogP contribution is -2.56. The molecule has 4 N–H and O–H groups in total. The lowest BCUT2D eigenvalue weighted by molar-refractivity contribution is -0.254. The maximum atomic E-state index is 10.8. The van der Waals surface area contributed by atoms with Gasteiger partial charge in [0.2, 0.25) is 0 Å². The summed E-state index contributed by atoms with van der Waals surface area (Å²) in [5, 5.41) is 46.2. The van der Waals surface area contributed by atoms with E-state index in [4.69, 9.17) is 14.6 Å². The Morgan fingerprint density at radius 2 is 2.05 bits per heavy atom. The average Bonchev–Trinajstić information content (AvgIpc) is 2.84. The number of aliphatic hydroxyl groups is 4. The van der Waals surface area contributed by atoms with Crippen LogP contribution >= 0.6 is 15.9 Å². The van der Waals surface area contributed by atoms with Crippen molar-refractivity contribution < 1.29 is 34.7 Å². The number of ether oxygens (including phenoxy) is 2. The number of aliphatic hydroxyl groups excluding tert-OH is 4. The Morgan fingerprint density at radius 1 is 1.36 bits per heavy atom. The molecule has 2 rings (SSSR count). The lowest BCUT2D eigenvalue weighted by Gasteiger charge is -2.39. The maximum Gasteiger partial charge on any atom is 0.303 e. The number of carbonyl (C=O) groups is 1. The predicted molar refractivity (Wildman–Crippen MR) is 72.2 cm³/mol. The highest BCUT2D eigenvalue weighted by Crippen LogP contribution is 2.30. The van der Waals surface area contributed by atoms with Crippen LogP contribution in [0.25, 0.3) is 0 Å². The van der Waals surface area contributed by atoms with Crippen LogP contribution in [0.1, 0.15) is 18.8 Å². The molecule has 0 aromatic carbocycles. The van der Waals surface area contributed by atoms with Crippen molar-refractivity contribution in [1.29, 1.82) is 0 Å². The molecule has 1 aromatic heterocycles. The van der Waals surface area contributed by atoms with Gasteiger partial charge in [-0.3, -0.25) is 4.79 Å². The average molecular weight is 382 g/mol. The highest BCUT2D eigenvalue weighted by molar-refractivity contribution is 9.10. The first-order valence-corrected chi connectivity index (χ1v) is 7.19. The highest BCUT2D eigenvalue weighted by Gasteiger charge is 2.45. The third-order valence-corrected chi connectivity index (χ3v) is 4.04. The van der Waals surface area contributed by atoms with Crippen LogP contribution in [0.4, 0.5) is 0 Å². The number of carbonyl (C=O) groups excluding carboxylic acids is 1. The number of halogens is 1. The number of hydrogen-bond acceptors (Lipinski definition) is 9. The van der Waals surface area contributed by atoms with Gasteiger partial charge in [-0.15, -0.1) is 5.10 Å². The van der Waals surface area contributed by atoms with Crippen molar-refractivity contribution >= 4 is 21.9 Å². The molecule has 22 heavy (non-hydrogen) atoms. The number of rotatable bonds is 4. The molecule has 0 aliphatic carbocycles. The largest absolute Gasteiger partial charge is 0.459 e. The van der Waals surface area contributed by atoms with Gasteiger partial charge in [-0.25, -0.2) is 4.68 Å². The summed E-state index contributed by atoms with van der Waals surface area (Å²) < 4.78 is 11.6. The van der Waals surface area contributed by atoms with Gasteiger partial charge in [0.05, 0.1) is 6.61 Å². The number of esters is 1. The van der Waals surface area contributed by atoms with E-state index in [0.29, 0.717) is 0 Å². The van der Waals surface area contributed by atoms with Gasteiger partial charge in [0, 0.05) is 6.92 Å². The van der Waals surface area contributed by atoms with Crippen molar-refractivity contribution in [2.45, 2.75) is 44.2 Å². The van der Waals surface area contributed by atoms with Gasteiger partial charge in [0.25, 0.3) is 0 Å². The normalized spacial score (nSPS) is 32.0. The molecule has 1 fully saturated rings. The zero-order valence-corrected chi connectivity index (χ0v) is 13.1. The van der Waals surface area contributed by atoms with Gasteiger partial charge < -0.3 is 29.9 Å². The van der Waals surface area contributed by atoms with E-state index in [1.165, 1.54) is 6.92 Å². The molecule has 0 saturated carbocycles. The summed E-state index contributed by atoms with van der Waals surface area (Å²) >= 11 is 3.19. The molecule has 124 valence electrons. The van der Waals surface area contributed by atoms with Gasteiger partial charge in [-0.2, -0.15) is 0 Å². The van der Waals surface area contributed by atoms with Crippen molar-refractivity contribution in [3.05, 3.63) is 10.3 Å². The van der Waals surface area contributed by atoms with Crippen LogP contribution in [-0.4, -0.2) is 72.4 Å². The van der Waals surface area contributed by atoms with E-state index in [-0.39, 0.29) is 16.9 Å². The minimum atomic E-state index is -1.52. The van der Waals surface area contributed by atoms with E-state index in [1.807, 2.05) is 0 Å². The van der Waals surface area contributed by atoms with E-state index in [1.54, 1.807) is 0 Å². The summed E-state index contributed by atoms with van der Waals surface area (Å²) in [6.07, 6.45) is -6.71. The number of hydrogen-bond donors (Lipinski definition) is 4. The molecule has 0 spiro atoms. The lowest BCUT2D eigenvalue weighted by atomic mass is 9.98. The summed E-state index contributed by atoms with van der Waals surface area (Å²) in [5.74, 6) is -0.491. The Bertz CT molecular complexity index is 538. The van der Waals surface area contributed by atoms with Gasteiger partial charge in [0.15, 0.2) is 6.23 Å². The second-order valence-electron chi connectivity index (χ2n) is 4.77. The van der Waals surface area contributed by atoms with Crippen molar-refractivity contribution in [2.75, 3.05) is 6.61 Å². The van der Waals surface area contributed by atoms with Crippen molar-refractivity contribution in [3.63, 3.8) is 0 Å². The van der Waals surface area contributed by atoms with E-state index < -0.39 is 43.2 Å². The molecular formula is C11H16BrN3O7. The molecule has 0 amide bonds. The first-order valence-electron chi connectivity index (χ1n) is 6.40. The first kappa shape index (κ1) is 17.2. The van der Waals surface area contributed by atoms with Crippen molar-refractivity contribution in [3.8, 4) is 0 Å². The van der Waals surface area contributed by atoms with Crippen LogP contribution in [0.5, 0.6) is 0 Å². The van der Waals surface area contributed by atoms with E-state index in [0.717, 1.165) is 4.68 Å². The molecular weight excluding hydrogens is 366 g/mol. The summed E-state index contributed by atoms with van der Waals surface area (Å²) in [6.45, 7) is 0.567. The van der Waals surface area contributed by atoms with Crippen LogP contribution in [0.3, 0.4) is 0 Å². The number of aromatic nitrogens is 3. The van der Waals surface area contributed by atoms with Crippen LogP contribution in [0.2, 0.25) is 0 Å². The standard InChI is InChI=1S/C11H16BrN3O7/c1-4(17)21-3-5-10(12)15(14-13-5)11-9(20)8(19)7(18)6(2-16)22-11/h6-9,11,16,18-20H,2-3H2,1H3/t6-,7-,8+,9-,11-/m1/s1. The molecule has 11 heteroatoms. The Labute approximate surface area is 133 Å². The molecule has 10 nitrogen and oxygen atoms in total. The van der Waals surface area contributed by atoms with Crippen LogP contribution in [0, 0.1) is 0 Å². The molecule has 1 aliphatic heterocycles. The summed E-state index contributed by atoms with van der Waals surface area (Å²) in [5.41, 5.74) is 0.284. The fraction of sp³-hybridized carbons (Fsp3) is 0.727. The zero-order chi connectivity index (χ0) is 16.4. The number of nitrogens with zero attached hydrogens (tertiary/aromatic N) is 3. The van der Waals surface area contributed by atoms with Gasteiger partial charge in [-0.05, 0) is 15.9 Å². The van der Waals surface area contributed by atoms with E-state index in [2.05, 4.69) is 26.2 Å². The second-order valence-corrected chi connectivity index (χ2v) is 5.52.